The molecule has 0 saturated carbocycles. The van der Waals surface area contributed by atoms with Crippen LogP contribution in [0.5, 0.6) is 5.75 Å². The van der Waals surface area contributed by atoms with Gasteiger partial charge in [0, 0.05) is 16.5 Å². The summed E-state index contributed by atoms with van der Waals surface area (Å²) in [6.45, 7) is 7.58. The molecule has 0 fully saturated rings. The summed E-state index contributed by atoms with van der Waals surface area (Å²) in [5.74, 6) is -2.50. The number of carbonyl (C=O) groups is 1. The summed E-state index contributed by atoms with van der Waals surface area (Å²) in [5, 5.41) is 25.5. The molecule has 0 aliphatic heterocycles. The van der Waals surface area contributed by atoms with Gasteiger partial charge in [-0.1, -0.05) is 20.1 Å². The number of carbonyl (C=O) groups excluding carboxylic acids is 1. The lowest BCUT2D eigenvalue weighted by Crippen LogP contribution is -2.33. The van der Waals surface area contributed by atoms with Crippen LogP contribution in [0.15, 0.2) is 117 Å². The van der Waals surface area contributed by atoms with E-state index in [2.05, 4.69) is 38.9 Å². The number of amides is 1. The van der Waals surface area contributed by atoms with E-state index >= 15 is 0 Å². The molecule has 0 radical (unpaired) electrons. The van der Waals surface area contributed by atoms with Crippen molar-refractivity contribution >= 4 is 111 Å². The largest absolute Gasteiger partial charge is 0.505 e. The number of azo groups is 2. The highest BCUT2D eigenvalue weighted by molar-refractivity contribution is 7.95. The maximum atomic E-state index is 12.8. The van der Waals surface area contributed by atoms with Crippen molar-refractivity contribution in [3.8, 4) is 5.75 Å². The Morgan fingerprint density at radius 1 is 0.683 bits per heavy atom. The van der Waals surface area contributed by atoms with Crippen molar-refractivity contribution in [1.29, 1.82) is 0 Å². The SMILES string of the molecule is C=CS(=O)(=O)c1ccc(/N=N/c2c(S(=O)(=O)O)cc3cc(S(=O)(=O)O)c(/N=N/c4cc(NC(=O)C(CC)S(=O)(=O)C=C)ccc4S(=O)(=O)O)c(O)c3c2N)c(S(=O)(=O)O)c1. The van der Waals surface area contributed by atoms with E-state index in [9.17, 15) is 78.6 Å². The Hall–Kier alpha value is -5.57. The number of rotatable bonds is 15. The molecule has 1 unspecified atom stereocenters. The predicted octanol–water partition coefficient (Wildman–Crippen LogP) is 4.14. The van der Waals surface area contributed by atoms with Crippen LogP contribution in [0.1, 0.15) is 13.3 Å². The molecular formula is C30H28N6O18S6. The van der Waals surface area contributed by atoms with Crippen molar-refractivity contribution in [2.24, 2.45) is 20.5 Å². The summed E-state index contributed by atoms with van der Waals surface area (Å²) in [6, 6.07) is 5.11. The van der Waals surface area contributed by atoms with Crippen molar-refractivity contribution < 1.29 is 78.6 Å². The molecule has 30 heteroatoms. The van der Waals surface area contributed by atoms with E-state index in [-0.39, 0.29) is 12.1 Å². The molecule has 0 aromatic heterocycles. The third-order valence-electron chi connectivity index (χ3n) is 7.94. The first-order chi connectivity index (χ1) is 27.4. The van der Waals surface area contributed by atoms with E-state index < -0.39 is 141 Å². The summed E-state index contributed by atoms with van der Waals surface area (Å²) < 4.78 is 187. The monoisotopic (exact) mass is 952 g/mol. The minimum absolute atomic E-state index is 0.241. The van der Waals surface area contributed by atoms with E-state index in [1.54, 1.807) is 0 Å². The highest BCUT2D eigenvalue weighted by Gasteiger charge is 2.31. The normalized spacial score (nSPS) is 13.8. The molecule has 8 N–H and O–H groups in total. The number of fused-ring (bicyclic) bond motifs is 1. The maximum absolute atomic E-state index is 12.8. The predicted molar refractivity (Wildman–Crippen MR) is 210 cm³/mol. The number of sulfone groups is 2. The average Bonchev–Trinajstić information content (AvgIpc) is 3.12. The summed E-state index contributed by atoms with van der Waals surface area (Å²) in [5.41, 5.74) is 0.665. The van der Waals surface area contributed by atoms with Crippen molar-refractivity contribution in [3.05, 3.63) is 72.5 Å². The van der Waals surface area contributed by atoms with Gasteiger partial charge in [-0.3, -0.25) is 23.0 Å². The molecule has 4 aromatic rings. The number of nitrogens with zero attached hydrogens (tertiary/aromatic N) is 4. The molecule has 60 heavy (non-hydrogen) atoms. The van der Waals surface area contributed by atoms with Gasteiger partial charge >= 0.3 is 0 Å². The van der Waals surface area contributed by atoms with Crippen LogP contribution in [0.4, 0.5) is 34.1 Å². The second-order valence-electron chi connectivity index (χ2n) is 11.8. The molecule has 0 aliphatic rings. The molecule has 1 atom stereocenters. The highest BCUT2D eigenvalue weighted by Crippen LogP contribution is 2.48. The zero-order valence-electron chi connectivity index (χ0n) is 29.8. The van der Waals surface area contributed by atoms with Crippen LogP contribution in [0.3, 0.4) is 0 Å². The number of phenols is 1. The van der Waals surface area contributed by atoms with Gasteiger partial charge in [-0.25, -0.2) is 16.8 Å². The van der Waals surface area contributed by atoms with E-state index in [0.717, 1.165) is 12.1 Å². The first-order valence-corrected chi connectivity index (χ1v) is 24.5. The molecule has 4 rings (SSSR count). The van der Waals surface area contributed by atoms with Gasteiger partial charge in [-0.05, 0) is 60.3 Å². The first-order valence-electron chi connectivity index (χ1n) is 15.6. The molecular weight excluding hydrogens is 925 g/mol. The summed E-state index contributed by atoms with van der Waals surface area (Å²) in [7, 11) is -30.0. The Labute approximate surface area is 340 Å². The number of nitrogens with one attached hydrogen (secondary N) is 1. The number of benzene rings is 4. The van der Waals surface area contributed by atoms with E-state index in [4.69, 9.17) is 5.73 Å². The Kier molecular flexibility index (Phi) is 12.9. The van der Waals surface area contributed by atoms with Crippen molar-refractivity contribution in [3.63, 3.8) is 0 Å². The number of phenolic OH excluding ortho intramolecular Hbond substituents is 1. The first kappa shape index (κ1) is 47.1. The number of nitrogen functional groups attached to an aromatic ring is 1. The van der Waals surface area contributed by atoms with Crippen molar-refractivity contribution in [2.75, 3.05) is 11.1 Å². The van der Waals surface area contributed by atoms with Gasteiger partial charge in [0.15, 0.2) is 25.4 Å². The Morgan fingerprint density at radius 3 is 1.70 bits per heavy atom. The van der Waals surface area contributed by atoms with Gasteiger partial charge in [0.05, 0.1) is 16.0 Å². The number of anilines is 2. The zero-order valence-corrected chi connectivity index (χ0v) is 34.7. The minimum atomic E-state index is -5.52. The second kappa shape index (κ2) is 16.5. The van der Waals surface area contributed by atoms with Gasteiger partial charge in [0.25, 0.3) is 40.5 Å². The lowest BCUT2D eigenvalue weighted by Gasteiger charge is -2.15. The quantitative estimate of drug-likeness (QED) is 0.0500. The molecule has 0 spiro atoms. The Bertz CT molecular complexity index is 3280. The van der Waals surface area contributed by atoms with Crippen LogP contribution in [-0.2, 0) is 64.9 Å². The number of nitrogens with two attached hydrogens (primary N) is 1. The van der Waals surface area contributed by atoms with Gasteiger partial charge < -0.3 is 16.2 Å². The molecule has 0 aliphatic carbocycles. The minimum Gasteiger partial charge on any atom is -0.505 e. The summed E-state index contributed by atoms with van der Waals surface area (Å²) in [4.78, 5) is 7.22. The lowest BCUT2D eigenvalue weighted by atomic mass is 10.1. The van der Waals surface area contributed by atoms with Crippen LogP contribution in [0.25, 0.3) is 10.8 Å². The number of hydrogen-bond donors (Lipinski definition) is 7. The van der Waals surface area contributed by atoms with E-state index in [0.29, 0.717) is 47.2 Å². The fourth-order valence-electron chi connectivity index (χ4n) is 5.17. The summed E-state index contributed by atoms with van der Waals surface area (Å²) in [6.07, 6.45) is -0.241. The zero-order chi connectivity index (χ0) is 45.6. The van der Waals surface area contributed by atoms with E-state index in [1.807, 2.05) is 0 Å². The van der Waals surface area contributed by atoms with E-state index in [1.165, 1.54) is 6.92 Å². The summed E-state index contributed by atoms with van der Waals surface area (Å²) >= 11 is 0. The second-order valence-corrected chi connectivity index (χ2v) is 21.3. The van der Waals surface area contributed by atoms with Gasteiger partial charge in [0.1, 0.15) is 47.6 Å². The molecule has 1 amide bonds. The fraction of sp³-hybridized carbons (Fsp3) is 0.100. The third kappa shape index (κ3) is 9.89. The highest BCUT2D eigenvalue weighted by atomic mass is 32.2. The van der Waals surface area contributed by atoms with Crippen LogP contribution in [-0.4, -0.2) is 85.0 Å². The maximum Gasteiger partial charge on any atom is 0.296 e. The standard InChI is InChI=1S/C30H28N6O18S6/c1-4-20(56(41,42)6-3)30(38)32-16-7-10-21(57(43,44)45)19(13-16)34-36-28-24(60(52,53)54)12-15-11-23(59(49,50)51)27(26(31)25(15)29(28)37)35-33-18-9-8-17(55(39,40)5-2)14-22(18)58(46,47)48/h5-14,20,37H,2-4,31H2,1H3,(H,32,38)(H,43,44,45)(H,46,47,48)(H,49,50,51)(H,52,53,54)/b35-33+,36-34+. The molecule has 322 valence electrons. The third-order valence-corrected chi connectivity index (χ3v) is 14.6. The van der Waals surface area contributed by atoms with Gasteiger partial charge in [-0.15, -0.1) is 20.5 Å². The van der Waals surface area contributed by atoms with Crippen molar-refractivity contribution in [1.82, 2.24) is 0 Å². The Morgan fingerprint density at radius 2 is 1.20 bits per heavy atom. The molecule has 4 aromatic carbocycles. The van der Waals surface area contributed by atoms with Gasteiger partial charge in [-0.2, -0.15) is 33.7 Å². The fourth-order valence-corrected chi connectivity index (χ4v) is 9.61. The molecule has 0 bridgehead atoms. The number of hydrogen-bond acceptors (Lipinski definition) is 19. The smallest absolute Gasteiger partial charge is 0.296 e. The van der Waals surface area contributed by atoms with Crippen LogP contribution < -0.4 is 11.1 Å². The van der Waals surface area contributed by atoms with Crippen LogP contribution in [0, 0.1) is 0 Å². The average molecular weight is 953 g/mol. The topological polar surface area (TPSA) is 411 Å². The van der Waals surface area contributed by atoms with Crippen LogP contribution in [0.2, 0.25) is 0 Å². The number of aromatic hydroxyl groups is 1. The van der Waals surface area contributed by atoms with Gasteiger partial charge in [0.2, 0.25) is 5.91 Å². The Balaban J connectivity index is 2.03. The molecule has 0 heterocycles. The molecule has 0 saturated heterocycles. The van der Waals surface area contributed by atoms with Crippen molar-refractivity contribution in [2.45, 2.75) is 43.1 Å². The molecule has 24 nitrogen and oxygen atoms in total. The van der Waals surface area contributed by atoms with Crippen LogP contribution >= 0.6 is 0 Å². The lowest BCUT2D eigenvalue weighted by molar-refractivity contribution is -0.115.